The third-order valence-corrected chi connectivity index (χ3v) is 5.14. The van der Waals surface area contributed by atoms with E-state index in [0.29, 0.717) is 20.3 Å². The molecule has 0 saturated carbocycles. The van der Waals surface area contributed by atoms with E-state index < -0.39 is 0 Å². The summed E-state index contributed by atoms with van der Waals surface area (Å²) in [5.74, 6) is 0. The van der Waals surface area contributed by atoms with Crippen molar-refractivity contribution in [3.05, 3.63) is 69.7 Å². The molecule has 0 aromatic heterocycles. The van der Waals surface area contributed by atoms with Gasteiger partial charge in [0.05, 0.1) is 0 Å². The fraction of sp³-hybridized carbons (Fsp3) is 0.125. The number of fused-ring (bicyclic) bond motifs is 1. The Bertz CT molecular complexity index is 740. The second-order valence-electron chi connectivity index (χ2n) is 5.50. The molecule has 0 radical (unpaired) electrons. The van der Waals surface area contributed by atoms with E-state index in [-0.39, 0.29) is 12.3 Å². The molecule has 2 aliphatic rings. The van der Waals surface area contributed by atoms with Crippen molar-refractivity contribution in [2.45, 2.75) is 12.3 Å². The van der Waals surface area contributed by atoms with Crippen LogP contribution in [0, 0.1) is 0 Å². The predicted octanol–water partition coefficient (Wildman–Crippen LogP) is 3.99. The average molecular weight is 395 g/mol. The van der Waals surface area contributed by atoms with Crippen LogP contribution < -0.4 is 10.6 Å². The Labute approximate surface area is 160 Å². The summed E-state index contributed by atoms with van der Waals surface area (Å²) in [6.07, 6.45) is -0.320. The molecule has 2 saturated heterocycles. The van der Waals surface area contributed by atoms with Crippen LogP contribution in [0.2, 0.25) is 10.0 Å². The van der Waals surface area contributed by atoms with E-state index >= 15 is 0 Å². The third kappa shape index (κ3) is 2.59. The number of benzene rings is 2. The zero-order valence-corrected chi connectivity index (χ0v) is 15.4. The van der Waals surface area contributed by atoms with Gasteiger partial charge in [-0.2, -0.15) is 0 Å². The number of halogens is 2. The molecule has 24 heavy (non-hydrogen) atoms. The lowest BCUT2D eigenvalue weighted by atomic mass is 10.2. The van der Waals surface area contributed by atoms with E-state index in [9.17, 15) is 0 Å². The van der Waals surface area contributed by atoms with Crippen LogP contribution >= 0.6 is 47.6 Å². The molecular weight excluding hydrogens is 383 g/mol. The van der Waals surface area contributed by atoms with Gasteiger partial charge in [0, 0.05) is 10.0 Å². The first kappa shape index (κ1) is 15.9. The molecule has 4 nitrogen and oxygen atoms in total. The highest BCUT2D eigenvalue weighted by molar-refractivity contribution is 7.80. The monoisotopic (exact) mass is 394 g/mol. The lowest BCUT2D eigenvalue weighted by molar-refractivity contribution is 0.114. The molecule has 122 valence electrons. The fourth-order valence-electron chi connectivity index (χ4n) is 2.91. The summed E-state index contributed by atoms with van der Waals surface area (Å²) in [4.78, 5) is 0. The van der Waals surface area contributed by atoms with Gasteiger partial charge in [0.1, 0.15) is 12.3 Å². The molecule has 2 aromatic carbocycles. The second kappa shape index (κ2) is 6.04. The highest BCUT2D eigenvalue weighted by Crippen LogP contribution is 2.37. The normalized spacial score (nSPS) is 22.4. The van der Waals surface area contributed by atoms with Crippen LogP contribution in [-0.4, -0.2) is 20.2 Å². The maximum absolute atomic E-state index is 5.98. The largest absolute Gasteiger partial charge is 0.336 e. The van der Waals surface area contributed by atoms with E-state index in [0.717, 1.165) is 11.1 Å². The van der Waals surface area contributed by atoms with Gasteiger partial charge in [0.2, 0.25) is 0 Å². The number of rotatable bonds is 2. The lowest BCUT2D eigenvalue weighted by Gasteiger charge is -2.26. The number of hydrazine groups is 1. The molecule has 2 aliphatic heterocycles. The summed E-state index contributed by atoms with van der Waals surface area (Å²) in [7, 11) is 0. The molecule has 0 unspecified atom stereocenters. The molecule has 0 bridgehead atoms. The molecule has 2 N–H and O–H groups in total. The zero-order valence-electron chi connectivity index (χ0n) is 12.2. The van der Waals surface area contributed by atoms with Crippen molar-refractivity contribution in [1.82, 2.24) is 20.7 Å². The lowest BCUT2D eigenvalue weighted by Crippen LogP contribution is -2.36. The summed E-state index contributed by atoms with van der Waals surface area (Å²) in [5.41, 5.74) is 2.07. The highest BCUT2D eigenvalue weighted by Gasteiger charge is 2.47. The fourth-order valence-corrected chi connectivity index (χ4v) is 3.77. The Morgan fingerprint density at radius 3 is 1.33 bits per heavy atom. The smallest absolute Gasteiger partial charge is 0.192 e. The standard InChI is InChI=1S/C16H12Cl2N4S2/c17-11-5-1-9(2-6-11)13-19-15(23)22-14(20-16(24)21(13)22)10-3-7-12(18)8-4-10/h1-8,13-14H,(H,19,23)(H,20,24)/t13-,14+. The number of nitrogens with one attached hydrogen (secondary N) is 2. The Morgan fingerprint density at radius 2 is 1.00 bits per heavy atom. The average Bonchev–Trinajstić information content (AvgIpc) is 3.08. The second-order valence-corrected chi connectivity index (χ2v) is 7.14. The van der Waals surface area contributed by atoms with Crippen LogP contribution in [0.5, 0.6) is 0 Å². The van der Waals surface area contributed by atoms with Crippen LogP contribution in [0.3, 0.4) is 0 Å². The van der Waals surface area contributed by atoms with Gasteiger partial charge in [-0.1, -0.05) is 47.5 Å². The van der Waals surface area contributed by atoms with Gasteiger partial charge in [0.15, 0.2) is 10.2 Å². The van der Waals surface area contributed by atoms with Crippen molar-refractivity contribution < 1.29 is 0 Å². The molecule has 2 aromatic rings. The van der Waals surface area contributed by atoms with Crippen LogP contribution in [0.25, 0.3) is 0 Å². The van der Waals surface area contributed by atoms with Crippen LogP contribution in [0.1, 0.15) is 23.5 Å². The summed E-state index contributed by atoms with van der Waals surface area (Å²) in [5, 5.41) is 13.2. The van der Waals surface area contributed by atoms with Crippen LogP contribution in [0.4, 0.5) is 0 Å². The van der Waals surface area contributed by atoms with E-state index in [2.05, 4.69) is 10.6 Å². The third-order valence-electron chi connectivity index (χ3n) is 4.03. The SMILES string of the molecule is S=C1N[C@@H](c2ccc(Cl)cc2)N2C(=S)N[C@H](c3ccc(Cl)cc3)N12. The van der Waals surface area contributed by atoms with E-state index in [1.54, 1.807) is 0 Å². The summed E-state index contributed by atoms with van der Waals surface area (Å²) >= 11 is 23.0. The van der Waals surface area contributed by atoms with E-state index in [1.165, 1.54) is 0 Å². The first-order valence-electron chi connectivity index (χ1n) is 7.25. The molecule has 2 fully saturated rings. The van der Waals surface area contributed by atoms with Crippen LogP contribution in [0.15, 0.2) is 48.5 Å². The molecule has 0 amide bonds. The molecule has 2 atom stereocenters. The Balaban J connectivity index is 1.68. The van der Waals surface area contributed by atoms with E-state index in [4.69, 9.17) is 47.6 Å². The molecular formula is C16H12Cl2N4S2. The van der Waals surface area contributed by atoms with Crippen molar-refractivity contribution in [2.24, 2.45) is 0 Å². The number of thiocarbonyl (C=S) groups is 2. The van der Waals surface area contributed by atoms with Crippen molar-refractivity contribution >= 4 is 57.9 Å². The minimum atomic E-state index is -0.160. The topological polar surface area (TPSA) is 30.5 Å². The first-order valence-corrected chi connectivity index (χ1v) is 8.82. The minimum Gasteiger partial charge on any atom is -0.336 e. The predicted molar refractivity (Wildman–Crippen MR) is 104 cm³/mol. The van der Waals surface area contributed by atoms with Crippen LogP contribution in [-0.2, 0) is 0 Å². The van der Waals surface area contributed by atoms with Gasteiger partial charge < -0.3 is 10.6 Å². The zero-order chi connectivity index (χ0) is 16.8. The minimum absolute atomic E-state index is 0.160. The molecule has 2 heterocycles. The summed E-state index contributed by atoms with van der Waals surface area (Å²) < 4.78 is 0. The van der Waals surface area contributed by atoms with Crippen molar-refractivity contribution in [3.63, 3.8) is 0 Å². The number of hydrogen-bond donors (Lipinski definition) is 2. The Kier molecular flexibility index (Phi) is 4.00. The summed E-state index contributed by atoms with van der Waals surface area (Å²) in [6, 6.07) is 15.3. The Hall–Kier alpha value is -1.60. The van der Waals surface area contributed by atoms with Crippen molar-refractivity contribution in [3.8, 4) is 0 Å². The van der Waals surface area contributed by atoms with E-state index in [1.807, 2.05) is 58.5 Å². The maximum atomic E-state index is 5.98. The molecule has 0 aliphatic carbocycles. The van der Waals surface area contributed by atoms with Crippen molar-refractivity contribution in [1.29, 1.82) is 0 Å². The van der Waals surface area contributed by atoms with Gasteiger partial charge in [-0.05, 0) is 59.8 Å². The van der Waals surface area contributed by atoms with Gasteiger partial charge in [-0.3, -0.25) is 0 Å². The number of nitrogens with zero attached hydrogens (tertiary/aromatic N) is 2. The first-order chi connectivity index (χ1) is 11.5. The molecule has 4 rings (SSSR count). The highest BCUT2D eigenvalue weighted by atomic mass is 35.5. The van der Waals surface area contributed by atoms with Gasteiger partial charge in [0.25, 0.3) is 0 Å². The van der Waals surface area contributed by atoms with Gasteiger partial charge >= 0.3 is 0 Å². The number of hydrogen-bond acceptors (Lipinski definition) is 2. The maximum Gasteiger partial charge on any atom is 0.192 e. The van der Waals surface area contributed by atoms with Crippen molar-refractivity contribution in [2.75, 3.05) is 0 Å². The molecule has 8 heteroatoms. The van der Waals surface area contributed by atoms with Gasteiger partial charge in [-0.25, -0.2) is 10.0 Å². The van der Waals surface area contributed by atoms with Gasteiger partial charge in [-0.15, -0.1) is 0 Å². The summed E-state index contributed by atoms with van der Waals surface area (Å²) in [6.45, 7) is 0. The quantitative estimate of drug-likeness (QED) is 0.748. The molecule has 0 spiro atoms. The Morgan fingerprint density at radius 1 is 0.667 bits per heavy atom.